The third-order valence-corrected chi connectivity index (χ3v) is 9.92. The highest BCUT2D eigenvalue weighted by Gasteiger charge is 2.21. The van der Waals surface area contributed by atoms with Gasteiger partial charge in [-0.3, -0.25) is 0 Å². The van der Waals surface area contributed by atoms with Crippen molar-refractivity contribution in [3.63, 3.8) is 0 Å². The second-order valence-corrected chi connectivity index (χ2v) is 12.5. The summed E-state index contributed by atoms with van der Waals surface area (Å²) in [4.78, 5) is 2.27. The average molecular weight is 627 g/mol. The Morgan fingerprint density at radius 1 is 0.511 bits per heavy atom. The van der Waals surface area contributed by atoms with E-state index in [-0.39, 0.29) is 45.7 Å². The molecule has 222 valence electrons. The lowest BCUT2D eigenvalue weighted by Gasteiger charge is -2.18. The first-order chi connectivity index (χ1) is 26.6. The molecule has 7 aromatic carbocycles. The van der Waals surface area contributed by atoms with Crippen molar-refractivity contribution >= 4 is 43.9 Å². The van der Waals surface area contributed by atoms with Crippen LogP contribution in [0.1, 0.15) is 16.5 Å². The van der Waals surface area contributed by atoms with Gasteiger partial charge in [-0.2, -0.15) is 0 Å². The summed E-state index contributed by atoms with van der Waals surface area (Å²) in [5.74, 6) is 0.627. The van der Waals surface area contributed by atoms with E-state index in [0.29, 0.717) is 39.0 Å². The molecule has 9 aromatic rings. The number of benzene rings is 7. The Morgan fingerprint density at radius 3 is 1.70 bits per heavy atom. The lowest BCUT2D eigenvalue weighted by molar-refractivity contribution is 0.629. The van der Waals surface area contributed by atoms with Gasteiger partial charge in [-0.25, -0.2) is 0 Å². The summed E-state index contributed by atoms with van der Waals surface area (Å²) >= 11 is 1.71. The maximum absolute atomic E-state index is 9.33. The summed E-state index contributed by atoms with van der Waals surface area (Å²) in [5, 5.41) is 1.39. The van der Waals surface area contributed by atoms with Crippen molar-refractivity contribution < 1.29 is 15.4 Å². The summed E-state index contributed by atoms with van der Waals surface area (Å²) in [7, 11) is 0. The molecule has 0 saturated heterocycles. The van der Waals surface area contributed by atoms with Crippen LogP contribution in [0.15, 0.2) is 168 Å². The normalized spacial score (nSPS) is 13.9. The van der Waals surface area contributed by atoms with Crippen molar-refractivity contribution in [2.45, 2.75) is 6.92 Å². The topological polar surface area (TPSA) is 13.1 Å². The summed E-state index contributed by atoms with van der Waals surface area (Å²) in [6, 6.07) is 34.2. The van der Waals surface area contributed by atoms with Gasteiger partial charge in [-0.05, 0) is 86.1 Å². The third kappa shape index (κ3) is 4.61. The zero-order valence-corrected chi connectivity index (χ0v) is 26.1. The Morgan fingerprint density at radius 2 is 1.04 bits per heavy atom. The number of aryl methyl sites for hydroxylation is 1. The average Bonchev–Trinajstić information content (AvgIpc) is 3.85. The van der Waals surface area contributed by atoms with Crippen molar-refractivity contribution in [1.29, 1.82) is 0 Å². The molecular formula is C45H30OS. The van der Waals surface area contributed by atoms with E-state index in [1.807, 2.05) is 55.5 Å². The standard InChI is InChI=1S/C45H30OS/c1-29-42-38(44-36-22-10-8-20-34(36)43(31-16-6-3-7-17-31)35-21-9-11-23-37(35)44)24-13-25-39(42)46-45(29)33-19-12-18-32(28-33)41-27-26-40(47-41)30-14-4-2-5-15-30/h2-28H,1H3/i8D,9D,10D,11D,20D,21D,22D,23D. The van der Waals surface area contributed by atoms with Gasteiger partial charge in [0, 0.05) is 26.3 Å². The minimum Gasteiger partial charge on any atom is -0.456 e. The van der Waals surface area contributed by atoms with E-state index < -0.39 is 24.2 Å². The Labute approximate surface area is 289 Å². The molecule has 0 fully saturated rings. The molecule has 0 aliphatic carbocycles. The smallest absolute Gasteiger partial charge is 0.138 e. The molecule has 0 aliphatic rings. The molecule has 0 unspecified atom stereocenters. The van der Waals surface area contributed by atoms with Gasteiger partial charge in [0.25, 0.3) is 0 Å². The molecule has 0 spiro atoms. The summed E-state index contributed by atoms with van der Waals surface area (Å²) in [5.41, 5.74) is 6.09. The van der Waals surface area contributed by atoms with Gasteiger partial charge in [0.2, 0.25) is 0 Å². The largest absolute Gasteiger partial charge is 0.456 e. The van der Waals surface area contributed by atoms with Crippen LogP contribution in [-0.4, -0.2) is 0 Å². The molecule has 0 amide bonds. The number of fused-ring (bicyclic) bond motifs is 3. The summed E-state index contributed by atoms with van der Waals surface area (Å²) < 4.78 is 78.7. The first-order valence-corrected chi connectivity index (χ1v) is 16.2. The van der Waals surface area contributed by atoms with Crippen molar-refractivity contribution in [1.82, 2.24) is 0 Å². The molecular weight excluding hydrogens is 589 g/mol. The van der Waals surface area contributed by atoms with Crippen molar-refractivity contribution in [3.8, 4) is 54.5 Å². The van der Waals surface area contributed by atoms with Gasteiger partial charge in [-0.15, -0.1) is 11.3 Å². The fraction of sp³-hybridized carbons (Fsp3) is 0.0222. The maximum Gasteiger partial charge on any atom is 0.138 e. The van der Waals surface area contributed by atoms with Gasteiger partial charge in [0.15, 0.2) is 0 Å². The van der Waals surface area contributed by atoms with E-state index in [2.05, 4.69) is 36.4 Å². The fourth-order valence-corrected chi connectivity index (χ4v) is 7.65. The van der Waals surface area contributed by atoms with Crippen LogP contribution < -0.4 is 0 Å². The van der Waals surface area contributed by atoms with Crippen molar-refractivity contribution in [2.75, 3.05) is 0 Å². The zero-order valence-electron chi connectivity index (χ0n) is 33.3. The first kappa shape index (κ1) is 20.4. The van der Waals surface area contributed by atoms with E-state index in [1.165, 1.54) is 4.88 Å². The predicted molar refractivity (Wildman–Crippen MR) is 201 cm³/mol. The lowest BCUT2D eigenvalue weighted by atomic mass is 9.85. The van der Waals surface area contributed by atoms with Gasteiger partial charge in [0.05, 0.1) is 11.0 Å². The van der Waals surface area contributed by atoms with Crippen LogP contribution >= 0.6 is 11.3 Å². The molecule has 47 heavy (non-hydrogen) atoms. The van der Waals surface area contributed by atoms with Crippen LogP contribution in [0.5, 0.6) is 0 Å². The Balaban J connectivity index is 1.36. The molecule has 0 atom stereocenters. The summed E-state index contributed by atoms with van der Waals surface area (Å²) in [6.07, 6.45) is 0. The number of thiophene rings is 1. The molecule has 9 rings (SSSR count). The number of hydrogen-bond acceptors (Lipinski definition) is 2. The van der Waals surface area contributed by atoms with Gasteiger partial charge < -0.3 is 4.42 Å². The second kappa shape index (κ2) is 11.3. The highest BCUT2D eigenvalue weighted by atomic mass is 32.1. The van der Waals surface area contributed by atoms with E-state index in [0.717, 1.165) is 27.1 Å². The second-order valence-electron chi connectivity index (χ2n) is 11.5. The quantitative estimate of drug-likeness (QED) is 0.173. The number of rotatable bonds is 5. The third-order valence-electron chi connectivity index (χ3n) is 8.73. The van der Waals surface area contributed by atoms with E-state index in [1.54, 1.807) is 41.7 Å². The van der Waals surface area contributed by atoms with Crippen LogP contribution in [0.4, 0.5) is 0 Å². The van der Waals surface area contributed by atoms with Gasteiger partial charge in [-0.1, -0.05) is 139 Å². The monoisotopic (exact) mass is 626 g/mol. The lowest BCUT2D eigenvalue weighted by Crippen LogP contribution is -1.91. The van der Waals surface area contributed by atoms with Crippen molar-refractivity contribution in [3.05, 3.63) is 169 Å². The molecule has 0 radical (unpaired) electrons. The van der Waals surface area contributed by atoms with E-state index >= 15 is 0 Å². The zero-order chi connectivity index (χ0) is 38.3. The molecule has 2 heterocycles. The van der Waals surface area contributed by atoms with Crippen LogP contribution in [0, 0.1) is 6.92 Å². The van der Waals surface area contributed by atoms with Crippen LogP contribution in [0.3, 0.4) is 0 Å². The molecule has 0 saturated carbocycles. The molecule has 0 bridgehead atoms. The fourth-order valence-electron chi connectivity index (χ4n) is 6.64. The maximum atomic E-state index is 9.33. The Kier molecular flexibility index (Phi) is 4.90. The minimum atomic E-state index is -0.435. The molecule has 2 heteroatoms. The Bertz CT molecular complexity index is 2940. The molecule has 2 aromatic heterocycles. The molecule has 0 N–H and O–H groups in total. The molecule has 1 nitrogen and oxygen atoms in total. The van der Waals surface area contributed by atoms with Crippen LogP contribution in [0.2, 0.25) is 0 Å². The van der Waals surface area contributed by atoms with Gasteiger partial charge in [0.1, 0.15) is 11.3 Å². The number of furan rings is 1. The van der Waals surface area contributed by atoms with Gasteiger partial charge >= 0.3 is 0 Å². The van der Waals surface area contributed by atoms with E-state index in [4.69, 9.17) is 9.90 Å². The van der Waals surface area contributed by atoms with Crippen LogP contribution in [-0.2, 0) is 0 Å². The Hall–Kier alpha value is -5.70. The highest BCUT2D eigenvalue weighted by molar-refractivity contribution is 7.18. The summed E-state index contributed by atoms with van der Waals surface area (Å²) in [6.45, 7) is 1.95. The molecule has 0 aliphatic heterocycles. The first-order valence-electron chi connectivity index (χ1n) is 19.4. The SMILES string of the molecule is [2H]c1c([2H])c([2H])c2c(-c3cccc4oc(-c5cccc(-c6ccc(-c7ccccc7)s6)c5)c(C)c34)c3c([2H])c([2H])c([2H])c([2H])c3c(-c3ccccc3)c2c1[2H]. The minimum absolute atomic E-state index is 0.172. The van der Waals surface area contributed by atoms with E-state index in [9.17, 15) is 5.48 Å². The predicted octanol–water partition coefficient (Wildman–Crippen LogP) is 13.4. The van der Waals surface area contributed by atoms with Crippen LogP contribution in [0.25, 0.3) is 87.0 Å². The number of hydrogen-bond donors (Lipinski definition) is 0. The highest BCUT2D eigenvalue weighted by Crippen LogP contribution is 2.47. The van der Waals surface area contributed by atoms with Crippen molar-refractivity contribution in [2.24, 2.45) is 0 Å².